The minimum absolute atomic E-state index is 0.00147. The fourth-order valence-electron chi connectivity index (χ4n) is 13.9. The van der Waals surface area contributed by atoms with Gasteiger partial charge in [-0.25, -0.2) is 0 Å². The standard InChI is InChI=1S/C32H54N2O9S.C26H43NO8S.C17H32N2O3.C16H30N2O3.C12H23NO5S.2O3S/c1-5-7-19-42-30-24-27(23-29(41-18-6-2)31(30)43-20-13-21-44(38,39)40)32(37)34-17-12-10-14-26(25(3)35)22-28(36)15-9-8-11-16-33-4;1-5-8-10-11-13-22(20(4)28)27-26(29)21-18-23(33-14-7-3)25(24(19-21)34-15-9-6-2)35-16-12-17-36(30,31)32;1-4-11-19-17(22)10-9-15(14(2)20)13-16(21)8-6-5-7-12-18-3;1-4-9-18-16(21)12-14(13(2)19)11-15(20)8-6-5-7-10-17-3;1-3-4-5-6-7-8-12(15)13-11(10(2)14)9-19(16,17)18;2*1-4(2)3/h23-24,26,33H,5-22H2,1-4H3,(H,34,37)(H,38,39,40);18-19,22H,5-17H2,1-4H3,(H,27,29)(H,30,31,32);15,18H,4-13H2,1-3H3,(H,19,22);14,17H,4-12H2,1-3H3,(H,18,21);11H,3-9H2,1-2H3,(H,13,15)(H,16,17,18);;. The molecule has 0 aliphatic rings. The second-order valence-corrected chi connectivity index (χ2v) is 41.8. The molecular weight excluding hydrogens is 2050 g/mol. The van der Waals surface area contributed by atoms with Gasteiger partial charge in [-0.2, -0.15) is 25.3 Å². The molecular formula is C103H182N8O34S5. The van der Waals surface area contributed by atoms with Crippen molar-refractivity contribution in [2.75, 3.05) is 117 Å². The number of Topliss-reactive ketones (excluding diaryl/α,β-unsaturated/α-hetero) is 8. The first-order valence-corrected chi connectivity index (χ1v) is 59.7. The first-order valence-electron chi connectivity index (χ1n) is 52.8. The van der Waals surface area contributed by atoms with Crippen molar-refractivity contribution in [1.82, 2.24) is 42.5 Å². The molecule has 0 saturated heterocycles. The third kappa shape index (κ3) is 92.5. The zero-order valence-electron chi connectivity index (χ0n) is 92.0. The van der Waals surface area contributed by atoms with Crippen molar-refractivity contribution in [3.63, 3.8) is 0 Å². The quantitative estimate of drug-likeness (QED) is 0.0216. The fourth-order valence-corrected chi connectivity index (χ4v) is 15.6. The Labute approximate surface area is 896 Å². The van der Waals surface area contributed by atoms with Crippen molar-refractivity contribution in [2.24, 2.45) is 17.8 Å². The molecule has 42 nitrogen and oxygen atoms in total. The van der Waals surface area contributed by atoms with Gasteiger partial charge in [0.05, 0.1) is 57.2 Å². The highest BCUT2D eigenvalue weighted by atomic mass is 32.2. The van der Waals surface area contributed by atoms with E-state index in [0.717, 1.165) is 174 Å². The zero-order valence-corrected chi connectivity index (χ0v) is 96.1. The number of nitrogens with one attached hydrogen (secondary N) is 8. The molecule has 11 N–H and O–H groups in total. The second kappa shape index (κ2) is 95.7. The Morgan fingerprint density at radius 1 is 0.293 bits per heavy atom. The molecule has 2 aromatic rings. The number of benzene rings is 2. The molecule has 5 amide bonds. The Morgan fingerprint density at radius 2 is 0.627 bits per heavy atom. The van der Waals surface area contributed by atoms with E-state index in [-0.39, 0.29) is 151 Å². The molecule has 150 heavy (non-hydrogen) atoms. The lowest BCUT2D eigenvalue weighted by Crippen LogP contribution is -2.44. The largest absolute Gasteiger partial charge is 0.490 e. The summed E-state index contributed by atoms with van der Waals surface area (Å²) in [5.74, 6) is -2.47. The molecule has 47 heteroatoms. The molecule has 0 fully saturated rings. The van der Waals surface area contributed by atoms with Crippen LogP contribution in [0.3, 0.4) is 0 Å². The van der Waals surface area contributed by atoms with E-state index in [1.54, 1.807) is 24.3 Å². The summed E-state index contributed by atoms with van der Waals surface area (Å²) in [5.41, 5.74) is 0.604. The lowest BCUT2D eigenvalue weighted by Gasteiger charge is -2.20. The lowest BCUT2D eigenvalue weighted by molar-refractivity contribution is -0.130. The summed E-state index contributed by atoms with van der Waals surface area (Å²) in [4.78, 5) is 156. The van der Waals surface area contributed by atoms with Crippen molar-refractivity contribution in [3.8, 4) is 34.5 Å². The maximum Gasteiger partial charge on any atom is 0.425 e. The number of amides is 5. The van der Waals surface area contributed by atoms with E-state index < -0.39 is 98.5 Å². The van der Waals surface area contributed by atoms with Crippen LogP contribution in [-0.4, -0.2) is 269 Å². The van der Waals surface area contributed by atoms with Crippen LogP contribution in [0, 0.1) is 17.8 Å². The van der Waals surface area contributed by atoms with Crippen molar-refractivity contribution < 1.29 is 155 Å². The summed E-state index contributed by atoms with van der Waals surface area (Å²) in [6.45, 7) is 29.3. The van der Waals surface area contributed by atoms with Gasteiger partial charge in [0.25, 0.3) is 42.2 Å². The minimum atomic E-state index is -4.28. The number of unbranched alkanes of at least 4 members (excludes halogenated alkanes) is 16. The monoisotopic (exact) mass is 2240 g/mol. The first-order chi connectivity index (χ1) is 70.9. The summed E-state index contributed by atoms with van der Waals surface area (Å²) >= 11 is 0. The minimum Gasteiger partial charge on any atom is -0.490 e. The van der Waals surface area contributed by atoms with E-state index in [1.807, 2.05) is 62.7 Å². The fraction of sp³-hybridized carbons (Fsp3) is 0.757. The molecule has 0 heterocycles. The van der Waals surface area contributed by atoms with E-state index in [0.29, 0.717) is 145 Å². The van der Waals surface area contributed by atoms with Gasteiger partial charge in [-0.15, -0.1) is 25.3 Å². The molecule has 2 aromatic carbocycles. The van der Waals surface area contributed by atoms with Gasteiger partial charge in [-0.1, -0.05) is 145 Å². The van der Waals surface area contributed by atoms with Gasteiger partial charge >= 0.3 is 21.2 Å². The van der Waals surface area contributed by atoms with Crippen LogP contribution >= 0.6 is 0 Å². The van der Waals surface area contributed by atoms with Crippen molar-refractivity contribution in [2.45, 2.75) is 372 Å². The van der Waals surface area contributed by atoms with Crippen LogP contribution in [0.15, 0.2) is 24.3 Å². The van der Waals surface area contributed by atoms with E-state index >= 15 is 0 Å². The maximum absolute atomic E-state index is 13.1. The van der Waals surface area contributed by atoms with Gasteiger partial charge in [0.1, 0.15) is 46.5 Å². The first kappa shape index (κ1) is 149. The van der Waals surface area contributed by atoms with Gasteiger partial charge in [0, 0.05) is 106 Å². The average molecular weight is 2240 g/mol. The van der Waals surface area contributed by atoms with Crippen LogP contribution in [0.4, 0.5) is 0 Å². The Hall–Kier alpha value is -9.20. The number of ether oxygens (including phenoxy) is 6. The van der Waals surface area contributed by atoms with Gasteiger partial charge < -0.3 is 71.0 Å². The predicted molar refractivity (Wildman–Crippen MR) is 576 cm³/mol. The van der Waals surface area contributed by atoms with E-state index in [4.69, 9.17) is 67.3 Å². The summed E-state index contributed by atoms with van der Waals surface area (Å²) in [6, 6.07) is 4.51. The van der Waals surface area contributed by atoms with Crippen molar-refractivity contribution >= 4 is 127 Å². The maximum atomic E-state index is 13.1. The normalized spacial score (nSPS) is 11.8. The number of hydrogen-bond donors (Lipinski definition) is 11. The number of carbonyl (C=O) groups excluding carboxylic acids is 13. The Bertz CT molecular complexity index is 4720. The topological polar surface area (TPSA) is 639 Å². The number of rotatable bonds is 84. The molecule has 0 aliphatic carbocycles. The van der Waals surface area contributed by atoms with Gasteiger partial charge in [-0.05, 0) is 222 Å². The molecule has 0 saturated carbocycles. The van der Waals surface area contributed by atoms with Crippen LogP contribution < -0.4 is 71.0 Å². The Morgan fingerprint density at radius 3 is 0.987 bits per heavy atom. The molecule has 0 radical (unpaired) electrons. The highest BCUT2D eigenvalue weighted by Crippen LogP contribution is 2.41. The zero-order chi connectivity index (χ0) is 115. The van der Waals surface area contributed by atoms with Crippen molar-refractivity contribution in [3.05, 3.63) is 35.4 Å². The van der Waals surface area contributed by atoms with Gasteiger partial charge in [-0.3, -0.25) is 76.0 Å². The summed E-state index contributed by atoms with van der Waals surface area (Å²) in [5, 5.41) is 22.9. The number of ketones is 8. The molecule has 5 atom stereocenters. The van der Waals surface area contributed by atoms with E-state index in [2.05, 4.69) is 56.4 Å². The third-order valence-electron chi connectivity index (χ3n) is 22.3. The molecule has 0 aromatic heterocycles. The van der Waals surface area contributed by atoms with Gasteiger partial charge in [0.2, 0.25) is 29.2 Å². The SMILES string of the molecule is CCCCCCC(NC(=O)c1cc(OCCC)c(OCCCS(=O)(=O)O)c(OCCCC)c1)C(C)=O.CCCCCCCC(=O)NC(CS(=O)(=O)O)C(C)=O.CCCCOc1cc(C(=O)NCCCCC(CC(=O)CCCCCNC)C(C)=O)cc(OCCC)c1OCCCS(=O)(=O)O.CCCNC(=O)CC(CC(=O)CCCCCNC)C(C)=O.CCCNC(=O)CCC(CC(=O)CCCCCNC)C(C)=O.O=S(=O)=O.O=S(=O)=O. The second-order valence-electron chi connectivity index (χ2n) is 36.3. The highest BCUT2D eigenvalue weighted by molar-refractivity contribution is 7.86. The summed E-state index contributed by atoms with van der Waals surface area (Å²) in [6.07, 6.45) is 30.4. The molecule has 868 valence electrons. The van der Waals surface area contributed by atoms with E-state index in [1.165, 1.54) is 34.6 Å². The van der Waals surface area contributed by atoms with Crippen LogP contribution in [0.2, 0.25) is 0 Å². The summed E-state index contributed by atoms with van der Waals surface area (Å²) < 4.78 is 178. The van der Waals surface area contributed by atoms with Crippen LogP contribution in [0.1, 0.15) is 380 Å². The molecule has 2 rings (SSSR count). The van der Waals surface area contributed by atoms with E-state index in [9.17, 15) is 87.6 Å². The van der Waals surface area contributed by atoms with Gasteiger partial charge in [0.15, 0.2) is 34.6 Å². The smallest absolute Gasteiger partial charge is 0.425 e. The van der Waals surface area contributed by atoms with Crippen molar-refractivity contribution in [1.29, 1.82) is 0 Å². The predicted octanol–water partition coefficient (Wildman–Crippen LogP) is 13.5. The molecule has 0 spiro atoms. The highest BCUT2D eigenvalue weighted by Gasteiger charge is 2.29. The average Bonchev–Trinajstić information content (AvgIpc) is 0.809. The molecule has 0 aliphatic heterocycles. The van der Waals surface area contributed by atoms with Crippen LogP contribution in [0.5, 0.6) is 34.5 Å². The summed E-state index contributed by atoms with van der Waals surface area (Å²) in [7, 11) is -13.0. The Balaban J connectivity index is -0.000000594. The Kier molecular flexibility index (Phi) is 95.2. The number of carbonyl (C=O) groups is 13. The third-order valence-corrected chi connectivity index (χ3v) is 24.7. The van der Waals surface area contributed by atoms with Crippen LogP contribution in [-0.2, 0) is 104 Å². The number of hydrogen-bond acceptors (Lipinski definition) is 34. The lowest BCUT2D eigenvalue weighted by atomic mass is 9.91. The molecule has 5 unspecified atom stereocenters. The molecule has 0 bridgehead atoms. The van der Waals surface area contributed by atoms with Crippen LogP contribution in [0.25, 0.3) is 0 Å².